The van der Waals surface area contributed by atoms with Crippen LogP contribution in [0.25, 0.3) is 0 Å². The van der Waals surface area contributed by atoms with Gasteiger partial charge in [-0.05, 0) is 31.7 Å². The average molecular weight is 314 g/mol. The molecule has 1 aliphatic rings. The molecule has 0 N–H and O–H groups in total. The standard InChI is InChI=1S/C19H26N2O2/c1-16(9-10-18-7-4-3-5-8-18)15-19(23)21-12-6-11-20(13-14-21)17(2)22/h3-5,7-8,15H,6,9-14H2,1-2H3. The van der Waals surface area contributed by atoms with Crippen molar-refractivity contribution in [1.82, 2.24) is 9.80 Å². The fourth-order valence-electron chi connectivity index (χ4n) is 2.81. The molecule has 124 valence electrons. The number of aryl methyl sites for hydroxylation is 1. The zero-order valence-corrected chi connectivity index (χ0v) is 14.1. The van der Waals surface area contributed by atoms with Crippen LogP contribution < -0.4 is 0 Å². The highest BCUT2D eigenvalue weighted by molar-refractivity contribution is 5.88. The molecule has 1 fully saturated rings. The first-order valence-electron chi connectivity index (χ1n) is 8.32. The molecule has 0 spiro atoms. The summed E-state index contributed by atoms with van der Waals surface area (Å²) in [6, 6.07) is 10.3. The van der Waals surface area contributed by atoms with Crippen molar-refractivity contribution in [3.63, 3.8) is 0 Å². The van der Waals surface area contributed by atoms with Gasteiger partial charge >= 0.3 is 0 Å². The zero-order valence-electron chi connectivity index (χ0n) is 14.1. The largest absolute Gasteiger partial charge is 0.341 e. The highest BCUT2D eigenvalue weighted by atomic mass is 16.2. The molecule has 1 heterocycles. The van der Waals surface area contributed by atoms with E-state index in [0.29, 0.717) is 13.1 Å². The van der Waals surface area contributed by atoms with E-state index in [1.54, 1.807) is 13.0 Å². The Morgan fingerprint density at radius 2 is 1.65 bits per heavy atom. The van der Waals surface area contributed by atoms with Crippen LogP contribution in [0.1, 0.15) is 32.3 Å². The molecule has 1 aliphatic heterocycles. The van der Waals surface area contributed by atoms with E-state index in [-0.39, 0.29) is 11.8 Å². The Morgan fingerprint density at radius 3 is 2.35 bits per heavy atom. The first kappa shape index (κ1) is 17.3. The topological polar surface area (TPSA) is 40.6 Å². The van der Waals surface area contributed by atoms with Crippen molar-refractivity contribution in [3.8, 4) is 0 Å². The van der Waals surface area contributed by atoms with Crippen molar-refractivity contribution in [1.29, 1.82) is 0 Å². The molecule has 23 heavy (non-hydrogen) atoms. The Balaban J connectivity index is 1.85. The molecular weight excluding hydrogens is 288 g/mol. The van der Waals surface area contributed by atoms with Crippen LogP contribution in [0.4, 0.5) is 0 Å². The predicted molar refractivity (Wildman–Crippen MR) is 92.0 cm³/mol. The summed E-state index contributed by atoms with van der Waals surface area (Å²) >= 11 is 0. The Kier molecular flexibility index (Phi) is 6.39. The van der Waals surface area contributed by atoms with Crippen LogP contribution >= 0.6 is 0 Å². The third-order valence-electron chi connectivity index (χ3n) is 4.27. The maximum absolute atomic E-state index is 12.4. The fraction of sp³-hybridized carbons (Fsp3) is 0.474. The summed E-state index contributed by atoms with van der Waals surface area (Å²) in [5.74, 6) is 0.162. The average Bonchev–Trinajstić information content (AvgIpc) is 2.80. The van der Waals surface area contributed by atoms with E-state index < -0.39 is 0 Å². The number of hydrogen-bond acceptors (Lipinski definition) is 2. The van der Waals surface area contributed by atoms with Gasteiger partial charge in [-0.3, -0.25) is 9.59 Å². The summed E-state index contributed by atoms with van der Waals surface area (Å²) in [6.45, 7) is 6.34. The Hall–Kier alpha value is -2.10. The lowest BCUT2D eigenvalue weighted by atomic mass is 10.1. The molecule has 0 atom stereocenters. The summed E-state index contributed by atoms with van der Waals surface area (Å²) in [5, 5.41) is 0. The highest BCUT2D eigenvalue weighted by Gasteiger charge is 2.19. The first-order valence-corrected chi connectivity index (χ1v) is 8.32. The second kappa shape index (κ2) is 8.51. The molecule has 4 heteroatoms. The van der Waals surface area contributed by atoms with Gasteiger partial charge < -0.3 is 9.80 Å². The fourth-order valence-corrected chi connectivity index (χ4v) is 2.81. The Bertz CT molecular complexity index is 566. The van der Waals surface area contributed by atoms with Crippen molar-refractivity contribution in [2.75, 3.05) is 26.2 Å². The second-order valence-electron chi connectivity index (χ2n) is 6.16. The van der Waals surface area contributed by atoms with Crippen LogP contribution in [0.3, 0.4) is 0 Å². The molecule has 0 aliphatic carbocycles. The van der Waals surface area contributed by atoms with Gasteiger partial charge in [0.15, 0.2) is 0 Å². The lowest BCUT2D eigenvalue weighted by Gasteiger charge is -2.20. The number of rotatable bonds is 4. The van der Waals surface area contributed by atoms with Gasteiger partial charge in [-0.25, -0.2) is 0 Å². The van der Waals surface area contributed by atoms with Gasteiger partial charge in [0.05, 0.1) is 0 Å². The van der Waals surface area contributed by atoms with Crippen LogP contribution in [0.2, 0.25) is 0 Å². The smallest absolute Gasteiger partial charge is 0.246 e. The normalized spacial score (nSPS) is 16.2. The lowest BCUT2D eigenvalue weighted by molar-refractivity contribution is -0.130. The number of carbonyl (C=O) groups excluding carboxylic acids is 2. The summed E-state index contributed by atoms with van der Waals surface area (Å²) < 4.78 is 0. The van der Waals surface area contributed by atoms with E-state index in [0.717, 1.165) is 37.9 Å². The van der Waals surface area contributed by atoms with E-state index in [2.05, 4.69) is 12.1 Å². The van der Waals surface area contributed by atoms with Gasteiger partial charge in [0.1, 0.15) is 0 Å². The van der Waals surface area contributed by atoms with Crippen LogP contribution in [-0.4, -0.2) is 47.8 Å². The SMILES string of the molecule is CC(=O)N1CCCN(C(=O)C=C(C)CCc2ccccc2)CC1. The predicted octanol–water partition coefficient (Wildman–Crippen LogP) is 2.65. The molecule has 0 unspecified atom stereocenters. The number of allylic oxidation sites excluding steroid dienone is 1. The van der Waals surface area contributed by atoms with Gasteiger partial charge in [0.2, 0.25) is 11.8 Å². The van der Waals surface area contributed by atoms with Crippen LogP contribution in [0.5, 0.6) is 0 Å². The van der Waals surface area contributed by atoms with Crippen LogP contribution in [-0.2, 0) is 16.0 Å². The zero-order chi connectivity index (χ0) is 16.7. The Labute approximate surface area is 138 Å². The molecule has 1 aromatic carbocycles. The quantitative estimate of drug-likeness (QED) is 0.802. The van der Waals surface area contributed by atoms with Gasteiger partial charge in [0.25, 0.3) is 0 Å². The number of nitrogens with zero attached hydrogens (tertiary/aromatic N) is 2. The third-order valence-corrected chi connectivity index (χ3v) is 4.27. The third kappa shape index (κ3) is 5.55. The van der Waals surface area contributed by atoms with Gasteiger partial charge in [-0.2, -0.15) is 0 Å². The maximum atomic E-state index is 12.4. The highest BCUT2D eigenvalue weighted by Crippen LogP contribution is 2.10. The molecule has 1 aromatic rings. The monoisotopic (exact) mass is 314 g/mol. The van der Waals surface area contributed by atoms with E-state index in [1.165, 1.54) is 5.56 Å². The molecule has 0 bridgehead atoms. The molecule has 1 saturated heterocycles. The van der Waals surface area contributed by atoms with Crippen molar-refractivity contribution in [3.05, 3.63) is 47.5 Å². The molecule has 2 amide bonds. The van der Waals surface area contributed by atoms with Gasteiger partial charge in [-0.15, -0.1) is 0 Å². The van der Waals surface area contributed by atoms with Crippen molar-refractivity contribution in [2.24, 2.45) is 0 Å². The maximum Gasteiger partial charge on any atom is 0.246 e. The second-order valence-corrected chi connectivity index (χ2v) is 6.16. The van der Waals surface area contributed by atoms with Gasteiger partial charge in [0, 0.05) is 39.2 Å². The Morgan fingerprint density at radius 1 is 1.00 bits per heavy atom. The van der Waals surface area contributed by atoms with Gasteiger partial charge in [-0.1, -0.05) is 35.9 Å². The number of carbonyl (C=O) groups is 2. The van der Waals surface area contributed by atoms with E-state index in [9.17, 15) is 9.59 Å². The minimum absolute atomic E-state index is 0.0703. The summed E-state index contributed by atoms with van der Waals surface area (Å²) in [4.78, 5) is 27.5. The summed E-state index contributed by atoms with van der Waals surface area (Å²) in [7, 11) is 0. The molecule has 0 aromatic heterocycles. The minimum atomic E-state index is 0.0703. The molecule has 0 radical (unpaired) electrons. The minimum Gasteiger partial charge on any atom is -0.341 e. The van der Waals surface area contributed by atoms with E-state index in [1.807, 2.05) is 34.9 Å². The van der Waals surface area contributed by atoms with E-state index in [4.69, 9.17) is 0 Å². The van der Waals surface area contributed by atoms with Crippen LogP contribution in [0, 0.1) is 0 Å². The van der Waals surface area contributed by atoms with E-state index >= 15 is 0 Å². The number of amides is 2. The van der Waals surface area contributed by atoms with Crippen molar-refractivity contribution in [2.45, 2.75) is 33.1 Å². The lowest BCUT2D eigenvalue weighted by Crippen LogP contribution is -2.35. The molecular formula is C19H26N2O2. The van der Waals surface area contributed by atoms with Crippen molar-refractivity contribution < 1.29 is 9.59 Å². The molecule has 2 rings (SSSR count). The number of benzene rings is 1. The summed E-state index contributed by atoms with van der Waals surface area (Å²) in [5.41, 5.74) is 2.39. The molecule has 4 nitrogen and oxygen atoms in total. The van der Waals surface area contributed by atoms with Crippen molar-refractivity contribution >= 4 is 11.8 Å². The summed E-state index contributed by atoms with van der Waals surface area (Å²) in [6.07, 6.45) is 4.45. The molecule has 0 saturated carbocycles. The number of hydrogen-bond donors (Lipinski definition) is 0. The van der Waals surface area contributed by atoms with Crippen LogP contribution in [0.15, 0.2) is 42.0 Å². The first-order chi connectivity index (χ1) is 11.1.